The molecule has 0 spiro atoms. The first-order chi connectivity index (χ1) is 9.06. The number of aryl methyl sites for hydroxylation is 2. The fourth-order valence-corrected chi connectivity index (χ4v) is 2.92. The average Bonchev–Trinajstić information content (AvgIpc) is 2.82. The lowest BCUT2D eigenvalue weighted by Gasteiger charge is -2.19. The van der Waals surface area contributed by atoms with Gasteiger partial charge in [-0.1, -0.05) is 32.0 Å². The molecule has 106 valence electrons. The molecular weight excluding hydrogens is 234 g/mol. The van der Waals surface area contributed by atoms with Crippen LogP contribution in [0.2, 0.25) is 0 Å². The van der Waals surface area contributed by atoms with Crippen LogP contribution in [-0.4, -0.2) is 17.8 Å². The first-order valence-electron chi connectivity index (χ1n) is 7.59. The lowest BCUT2D eigenvalue weighted by atomic mass is 10.0. The molecule has 2 atom stereocenters. The Kier molecular flexibility index (Phi) is 5.00. The molecule has 1 aromatic carbocycles. The molecule has 2 nitrogen and oxygen atoms in total. The molecule has 0 aromatic heterocycles. The molecule has 2 N–H and O–H groups in total. The number of fused-ring (bicyclic) bond motifs is 1. The molecule has 2 heteroatoms. The molecule has 0 saturated heterocycles. The number of nitrogens with one attached hydrogen (secondary N) is 1. The number of rotatable bonds is 6. The topological polar surface area (TPSA) is 32.3 Å². The van der Waals surface area contributed by atoms with Gasteiger partial charge < -0.3 is 10.4 Å². The molecule has 1 aromatic rings. The number of benzene rings is 1. The smallest absolute Gasteiger partial charge is 0.0667 e. The van der Waals surface area contributed by atoms with E-state index in [1.165, 1.54) is 36.0 Å². The zero-order valence-electron chi connectivity index (χ0n) is 12.4. The van der Waals surface area contributed by atoms with Gasteiger partial charge in [-0.05, 0) is 55.2 Å². The summed E-state index contributed by atoms with van der Waals surface area (Å²) in [4.78, 5) is 0. The van der Waals surface area contributed by atoms with Crippen molar-refractivity contribution in [3.63, 3.8) is 0 Å². The minimum absolute atomic E-state index is 0.239. The Bertz CT molecular complexity index is 414. The van der Waals surface area contributed by atoms with E-state index in [2.05, 4.69) is 44.3 Å². The first-order valence-corrected chi connectivity index (χ1v) is 7.59. The van der Waals surface area contributed by atoms with Crippen molar-refractivity contribution in [2.75, 3.05) is 6.54 Å². The summed E-state index contributed by atoms with van der Waals surface area (Å²) in [6.45, 7) is 7.15. The summed E-state index contributed by atoms with van der Waals surface area (Å²) in [7, 11) is 0. The molecule has 0 aliphatic heterocycles. The molecule has 1 aliphatic rings. The van der Waals surface area contributed by atoms with E-state index in [4.69, 9.17) is 0 Å². The lowest BCUT2D eigenvalue weighted by Crippen LogP contribution is -2.30. The summed E-state index contributed by atoms with van der Waals surface area (Å²) in [6.07, 6.45) is 4.39. The summed E-state index contributed by atoms with van der Waals surface area (Å²) < 4.78 is 0. The van der Waals surface area contributed by atoms with Gasteiger partial charge in [0.15, 0.2) is 0 Å². The highest BCUT2D eigenvalue weighted by Crippen LogP contribution is 2.25. The molecule has 0 heterocycles. The Morgan fingerprint density at radius 2 is 1.89 bits per heavy atom. The minimum Gasteiger partial charge on any atom is -0.392 e. The van der Waals surface area contributed by atoms with Crippen molar-refractivity contribution in [2.45, 2.75) is 58.6 Å². The van der Waals surface area contributed by atoms with Crippen LogP contribution in [0.3, 0.4) is 0 Å². The molecule has 0 radical (unpaired) electrons. The van der Waals surface area contributed by atoms with Crippen molar-refractivity contribution in [2.24, 2.45) is 5.92 Å². The molecule has 2 rings (SSSR count). The van der Waals surface area contributed by atoms with Gasteiger partial charge in [-0.3, -0.25) is 0 Å². The van der Waals surface area contributed by atoms with Crippen LogP contribution in [0.15, 0.2) is 18.2 Å². The predicted molar refractivity (Wildman–Crippen MR) is 80.3 cm³/mol. The normalized spacial score (nSPS) is 17.5. The van der Waals surface area contributed by atoms with Crippen LogP contribution in [0.1, 0.15) is 56.3 Å². The van der Waals surface area contributed by atoms with E-state index in [0.717, 1.165) is 6.42 Å². The Balaban J connectivity index is 1.87. The molecule has 0 amide bonds. The molecule has 0 saturated carbocycles. The Morgan fingerprint density at radius 1 is 1.16 bits per heavy atom. The van der Waals surface area contributed by atoms with Crippen molar-refractivity contribution in [3.05, 3.63) is 34.9 Å². The van der Waals surface area contributed by atoms with Crippen molar-refractivity contribution < 1.29 is 5.11 Å². The third-order valence-corrected chi connectivity index (χ3v) is 4.03. The van der Waals surface area contributed by atoms with Gasteiger partial charge in [0.05, 0.1) is 6.10 Å². The SMILES string of the molecule is CC(C)CC(O)CNC(C)c1ccc2c(c1)CCC2. The van der Waals surface area contributed by atoms with Gasteiger partial charge >= 0.3 is 0 Å². The summed E-state index contributed by atoms with van der Waals surface area (Å²) in [6, 6.07) is 7.17. The highest BCUT2D eigenvalue weighted by molar-refractivity contribution is 5.36. The van der Waals surface area contributed by atoms with Crippen LogP contribution >= 0.6 is 0 Å². The molecule has 2 unspecified atom stereocenters. The van der Waals surface area contributed by atoms with Crippen molar-refractivity contribution in [3.8, 4) is 0 Å². The third-order valence-electron chi connectivity index (χ3n) is 4.03. The predicted octanol–water partition coefficient (Wildman–Crippen LogP) is 3.23. The van der Waals surface area contributed by atoms with E-state index in [9.17, 15) is 5.11 Å². The van der Waals surface area contributed by atoms with E-state index in [1.54, 1.807) is 0 Å². The summed E-state index contributed by atoms with van der Waals surface area (Å²) >= 11 is 0. The standard InChI is InChI=1S/C17H27NO/c1-12(2)9-17(19)11-18-13(3)15-8-7-14-5-4-6-16(14)10-15/h7-8,10,12-13,17-19H,4-6,9,11H2,1-3H3. The van der Waals surface area contributed by atoms with Gasteiger partial charge in [0.2, 0.25) is 0 Å². The fourth-order valence-electron chi connectivity index (χ4n) is 2.92. The second-order valence-electron chi connectivity index (χ2n) is 6.30. The monoisotopic (exact) mass is 261 g/mol. The highest BCUT2D eigenvalue weighted by Gasteiger charge is 2.14. The van der Waals surface area contributed by atoms with E-state index in [-0.39, 0.29) is 6.10 Å². The summed E-state index contributed by atoms with van der Waals surface area (Å²) in [5, 5.41) is 13.4. The quantitative estimate of drug-likeness (QED) is 0.824. The minimum atomic E-state index is -0.239. The van der Waals surface area contributed by atoms with Crippen molar-refractivity contribution >= 4 is 0 Å². The van der Waals surface area contributed by atoms with Gasteiger partial charge in [0, 0.05) is 12.6 Å². The highest BCUT2D eigenvalue weighted by atomic mass is 16.3. The third kappa shape index (κ3) is 4.05. The van der Waals surface area contributed by atoms with E-state index in [1.807, 2.05) is 0 Å². The maximum Gasteiger partial charge on any atom is 0.0667 e. The van der Waals surface area contributed by atoms with E-state index in [0.29, 0.717) is 18.5 Å². The largest absolute Gasteiger partial charge is 0.392 e. The Labute approximate surface area is 117 Å². The van der Waals surface area contributed by atoms with Crippen LogP contribution in [0.25, 0.3) is 0 Å². The second kappa shape index (κ2) is 6.53. The zero-order valence-corrected chi connectivity index (χ0v) is 12.4. The van der Waals surface area contributed by atoms with Gasteiger partial charge in [0.1, 0.15) is 0 Å². The number of hydrogen-bond acceptors (Lipinski definition) is 2. The van der Waals surface area contributed by atoms with Crippen LogP contribution in [0.4, 0.5) is 0 Å². The zero-order chi connectivity index (χ0) is 13.8. The van der Waals surface area contributed by atoms with Gasteiger partial charge in [-0.25, -0.2) is 0 Å². The Hall–Kier alpha value is -0.860. The molecule has 1 aliphatic carbocycles. The maximum absolute atomic E-state index is 9.91. The number of hydrogen-bond donors (Lipinski definition) is 2. The van der Waals surface area contributed by atoms with Crippen LogP contribution in [-0.2, 0) is 12.8 Å². The average molecular weight is 261 g/mol. The fraction of sp³-hybridized carbons (Fsp3) is 0.647. The van der Waals surface area contributed by atoms with Gasteiger partial charge in [-0.15, -0.1) is 0 Å². The molecule has 19 heavy (non-hydrogen) atoms. The van der Waals surface area contributed by atoms with Crippen molar-refractivity contribution in [1.29, 1.82) is 0 Å². The van der Waals surface area contributed by atoms with Crippen molar-refractivity contribution in [1.82, 2.24) is 5.32 Å². The number of aliphatic hydroxyl groups excluding tert-OH is 1. The lowest BCUT2D eigenvalue weighted by molar-refractivity contribution is 0.143. The summed E-state index contributed by atoms with van der Waals surface area (Å²) in [5.74, 6) is 0.548. The van der Waals surface area contributed by atoms with Gasteiger partial charge in [0.25, 0.3) is 0 Å². The molecule has 0 fully saturated rings. The Morgan fingerprint density at radius 3 is 2.63 bits per heavy atom. The van der Waals surface area contributed by atoms with E-state index >= 15 is 0 Å². The van der Waals surface area contributed by atoms with Crippen LogP contribution in [0, 0.1) is 5.92 Å². The number of aliphatic hydroxyl groups is 1. The van der Waals surface area contributed by atoms with Crippen LogP contribution in [0.5, 0.6) is 0 Å². The molecular formula is C17H27NO. The maximum atomic E-state index is 9.91. The first kappa shape index (κ1) is 14.5. The summed E-state index contributed by atoms with van der Waals surface area (Å²) in [5.41, 5.74) is 4.39. The molecule has 0 bridgehead atoms. The van der Waals surface area contributed by atoms with E-state index < -0.39 is 0 Å². The van der Waals surface area contributed by atoms with Crippen LogP contribution < -0.4 is 5.32 Å². The van der Waals surface area contributed by atoms with Gasteiger partial charge in [-0.2, -0.15) is 0 Å². The second-order valence-corrected chi connectivity index (χ2v) is 6.30.